The predicted molar refractivity (Wildman–Crippen MR) is 107 cm³/mol. The molecule has 1 fully saturated rings. The number of likely N-dealkylation sites (tertiary alicyclic amines) is 1. The molecule has 0 bridgehead atoms. The van der Waals surface area contributed by atoms with Gasteiger partial charge in [-0.15, -0.1) is 5.10 Å². The van der Waals surface area contributed by atoms with Gasteiger partial charge in [-0.3, -0.25) is 9.97 Å². The van der Waals surface area contributed by atoms with Crippen LogP contribution < -0.4 is 5.69 Å². The Labute approximate surface area is 159 Å². The number of aromatic nitrogens is 4. The minimum absolute atomic E-state index is 0.173. The maximum atomic E-state index is 12.6. The molecule has 1 aliphatic rings. The lowest BCUT2D eigenvalue weighted by atomic mass is 9.97. The van der Waals surface area contributed by atoms with Crippen molar-refractivity contribution in [3.8, 4) is 5.69 Å². The highest BCUT2D eigenvalue weighted by atomic mass is 16.1. The first-order valence-electron chi connectivity index (χ1n) is 9.86. The van der Waals surface area contributed by atoms with Gasteiger partial charge in [-0.1, -0.05) is 26.0 Å². The van der Waals surface area contributed by atoms with Crippen LogP contribution in [0.3, 0.4) is 0 Å². The van der Waals surface area contributed by atoms with Crippen LogP contribution in [0.2, 0.25) is 0 Å². The van der Waals surface area contributed by atoms with Gasteiger partial charge < -0.3 is 4.90 Å². The fourth-order valence-corrected chi connectivity index (χ4v) is 3.90. The lowest BCUT2D eigenvalue weighted by molar-refractivity contribution is 0.195. The highest BCUT2D eigenvalue weighted by Gasteiger charge is 2.25. The second-order valence-electron chi connectivity index (χ2n) is 7.92. The van der Waals surface area contributed by atoms with E-state index in [1.807, 2.05) is 30.5 Å². The summed E-state index contributed by atoms with van der Waals surface area (Å²) in [6, 6.07) is 7.80. The van der Waals surface area contributed by atoms with E-state index >= 15 is 0 Å². The maximum Gasteiger partial charge on any atom is 0.348 e. The number of pyridine rings is 1. The summed E-state index contributed by atoms with van der Waals surface area (Å²) in [6.45, 7) is 7.76. The SMILES string of the molecule is CC(C)CCN1CCCC(c2nn(-c3cccc4cnccc34)c(=O)[nH]2)C1. The third-order valence-corrected chi connectivity index (χ3v) is 5.44. The molecule has 6 heteroatoms. The van der Waals surface area contributed by atoms with E-state index in [2.05, 4.69) is 33.8 Å². The molecule has 0 radical (unpaired) electrons. The Bertz CT molecular complexity index is 969. The van der Waals surface area contributed by atoms with E-state index < -0.39 is 0 Å². The first kappa shape index (κ1) is 17.9. The average molecular weight is 365 g/mol. The van der Waals surface area contributed by atoms with Crippen molar-refractivity contribution < 1.29 is 0 Å². The first-order valence-corrected chi connectivity index (χ1v) is 9.86. The van der Waals surface area contributed by atoms with Gasteiger partial charge >= 0.3 is 5.69 Å². The number of hydrogen-bond donors (Lipinski definition) is 1. The Morgan fingerprint density at radius 1 is 1.30 bits per heavy atom. The quantitative estimate of drug-likeness (QED) is 0.753. The number of nitrogens with one attached hydrogen (secondary N) is 1. The fourth-order valence-electron chi connectivity index (χ4n) is 3.90. The standard InChI is InChI=1S/C21H27N5O/c1-15(2)9-12-25-11-4-6-17(14-25)20-23-21(27)26(24-20)19-7-3-5-16-13-22-10-8-18(16)19/h3,5,7-8,10,13,15,17H,4,6,9,11-12,14H2,1-2H3,(H,23,24,27). The van der Waals surface area contributed by atoms with Crippen LogP contribution in [0.15, 0.2) is 41.5 Å². The number of fused-ring (bicyclic) bond motifs is 1. The maximum absolute atomic E-state index is 12.6. The molecule has 1 aliphatic heterocycles. The number of H-pyrrole nitrogens is 1. The van der Waals surface area contributed by atoms with Crippen molar-refractivity contribution in [1.29, 1.82) is 0 Å². The molecule has 3 aromatic rings. The van der Waals surface area contributed by atoms with Gasteiger partial charge in [-0.25, -0.2) is 4.79 Å². The van der Waals surface area contributed by atoms with Crippen LogP contribution in [0.4, 0.5) is 0 Å². The molecule has 1 atom stereocenters. The Hall–Kier alpha value is -2.47. The van der Waals surface area contributed by atoms with Crippen LogP contribution in [0, 0.1) is 5.92 Å². The number of aromatic amines is 1. The monoisotopic (exact) mass is 365 g/mol. The van der Waals surface area contributed by atoms with E-state index in [4.69, 9.17) is 0 Å². The Kier molecular flexibility index (Phi) is 5.07. The number of rotatable bonds is 5. The molecule has 142 valence electrons. The molecule has 4 rings (SSSR count). The number of nitrogens with zero attached hydrogens (tertiary/aromatic N) is 4. The number of benzene rings is 1. The van der Waals surface area contributed by atoms with Gasteiger partial charge in [0.05, 0.1) is 5.69 Å². The van der Waals surface area contributed by atoms with Crippen molar-refractivity contribution in [1.82, 2.24) is 24.6 Å². The van der Waals surface area contributed by atoms with E-state index in [1.165, 1.54) is 11.1 Å². The van der Waals surface area contributed by atoms with Gasteiger partial charge in [0, 0.05) is 35.6 Å². The summed E-state index contributed by atoms with van der Waals surface area (Å²) in [7, 11) is 0. The van der Waals surface area contributed by atoms with Crippen LogP contribution in [0.1, 0.15) is 44.9 Å². The third-order valence-electron chi connectivity index (χ3n) is 5.44. The Morgan fingerprint density at radius 3 is 3.04 bits per heavy atom. The minimum atomic E-state index is -0.173. The lowest BCUT2D eigenvalue weighted by Crippen LogP contribution is -2.36. The summed E-state index contributed by atoms with van der Waals surface area (Å²) in [6.07, 6.45) is 6.99. The second-order valence-corrected chi connectivity index (χ2v) is 7.92. The summed E-state index contributed by atoms with van der Waals surface area (Å²) >= 11 is 0. The zero-order valence-electron chi connectivity index (χ0n) is 16.1. The molecule has 1 unspecified atom stereocenters. The molecular formula is C21H27N5O. The lowest BCUT2D eigenvalue weighted by Gasteiger charge is -2.31. The van der Waals surface area contributed by atoms with Gasteiger partial charge in [0.1, 0.15) is 5.82 Å². The molecule has 6 nitrogen and oxygen atoms in total. The average Bonchev–Trinajstić information content (AvgIpc) is 3.08. The number of hydrogen-bond acceptors (Lipinski definition) is 4. The van der Waals surface area contributed by atoms with Crippen molar-refractivity contribution in [3.63, 3.8) is 0 Å². The van der Waals surface area contributed by atoms with E-state index in [1.54, 1.807) is 6.20 Å². The van der Waals surface area contributed by atoms with Crippen LogP contribution in [0.25, 0.3) is 16.5 Å². The normalized spacial score (nSPS) is 18.4. The molecule has 0 spiro atoms. The van der Waals surface area contributed by atoms with Gasteiger partial charge in [0.15, 0.2) is 0 Å². The Morgan fingerprint density at radius 2 is 2.19 bits per heavy atom. The fraction of sp³-hybridized carbons (Fsp3) is 0.476. The van der Waals surface area contributed by atoms with E-state index in [9.17, 15) is 4.79 Å². The first-order chi connectivity index (χ1) is 13.1. The highest BCUT2D eigenvalue weighted by Crippen LogP contribution is 2.25. The van der Waals surface area contributed by atoms with E-state index in [0.717, 1.165) is 54.8 Å². The smallest absolute Gasteiger partial charge is 0.303 e. The predicted octanol–water partition coefficient (Wildman–Crippen LogP) is 3.33. The zero-order chi connectivity index (χ0) is 18.8. The summed E-state index contributed by atoms with van der Waals surface area (Å²) in [5, 5.41) is 6.67. The molecule has 3 heterocycles. The molecule has 1 N–H and O–H groups in total. The van der Waals surface area contributed by atoms with Crippen molar-refractivity contribution in [2.75, 3.05) is 19.6 Å². The van der Waals surface area contributed by atoms with Gasteiger partial charge in [0.25, 0.3) is 0 Å². The third kappa shape index (κ3) is 3.81. The molecule has 0 aliphatic carbocycles. The minimum Gasteiger partial charge on any atom is -0.303 e. The van der Waals surface area contributed by atoms with Crippen molar-refractivity contribution in [2.24, 2.45) is 5.92 Å². The molecule has 0 saturated carbocycles. The Balaban J connectivity index is 1.61. The van der Waals surface area contributed by atoms with Crippen LogP contribution >= 0.6 is 0 Å². The molecule has 1 saturated heterocycles. The summed E-state index contributed by atoms with van der Waals surface area (Å²) < 4.78 is 1.50. The van der Waals surface area contributed by atoms with Crippen molar-refractivity contribution in [2.45, 2.75) is 39.0 Å². The number of piperidine rings is 1. The second kappa shape index (κ2) is 7.64. The van der Waals surface area contributed by atoms with Crippen molar-refractivity contribution in [3.05, 3.63) is 53.0 Å². The van der Waals surface area contributed by atoms with E-state index in [-0.39, 0.29) is 11.6 Å². The zero-order valence-corrected chi connectivity index (χ0v) is 16.1. The molecule has 2 aromatic heterocycles. The highest BCUT2D eigenvalue weighted by molar-refractivity contribution is 5.89. The molecule has 1 aromatic carbocycles. The van der Waals surface area contributed by atoms with E-state index in [0.29, 0.717) is 5.92 Å². The topological polar surface area (TPSA) is 66.8 Å². The summed E-state index contributed by atoms with van der Waals surface area (Å²) in [5.74, 6) is 1.81. The van der Waals surface area contributed by atoms with Gasteiger partial charge in [0.2, 0.25) is 0 Å². The van der Waals surface area contributed by atoms with Gasteiger partial charge in [-0.05, 0) is 50.4 Å². The summed E-state index contributed by atoms with van der Waals surface area (Å²) in [5.41, 5.74) is 0.628. The summed E-state index contributed by atoms with van der Waals surface area (Å²) in [4.78, 5) is 22.3. The van der Waals surface area contributed by atoms with Gasteiger partial charge in [-0.2, -0.15) is 4.68 Å². The molecular weight excluding hydrogens is 338 g/mol. The molecule has 0 amide bonds. The largest absolute Gasteiger partial charge is 0.348 e. The molecule has 27 heavy (non-hydrogen) atoms. The van der Waals surface area contributed by atoms with Crippen LogP contribution in [-0.2, 0) is 0 Å². The van der Waals surface area contributed by atoms with Crippen LogP contribution in [0.5, 0.6) is 0 Å². The van der Waals surface area contributed by atoms with Crippen molar-refractivity contribution >= 4 is 10.8 Å². The van der Waals surface area contributed by atoms with Crippen LogP contribution in [-0.4, -0.2) is 44.3 Å².